The highest BCUT2D eigenvalue weighted by atomic mass is 16.5. The van der Waals surface area contributed by atoms with Crippen molar-refractivity contribution in [1.82, 2.24) is 4.68 Å². The molecule has 2 heterocycles. The van der Waals surface area contributed by atoms with Gasteiger partial charge in [0.25, 0.3) is 0 Å². The first-order chi connectivity index (χ1) is 11.8. The molecular formula is C18H20N2O5. The maximum Gasteiger partial charge on any atom is 0.341 e. The van der Waals surface area contributed by atoms with Crippen LogP contribution in [0.2, 0.25) is 0 Å². The number of carboxylic acid groups (broad SMARTS) is 1. The molecule has 0 aliphatic carbocycles. The molecule has 0 atom stereocenters. The van der Waals surface area contributed by atoms with Crippen molar-refractivity contribution < 1.29 is 19.7 Å². The Morgan fingerprint density at radius 1 is 1.32 bits per heavy atom. The van der Waals surface area contributed by atoms with Gasteiger partial charge in [-0.1, -0.05) is 13.8 Å². The molecule has 1 aromatic heterocycles. The van der Waals surface area contributed by atoms with E-state index >= 15 is 0 Å². The van der Waals surface area contributed by atoms with Gasteiger partial charge in [-0.3, -0.25) is 9.47 Å². The number of pyridine rings is 1. The molecule has 132 valence electrons. The van der Waals surface area contributed by atoms with E-state index in [1.165, 1.54) is 19.4 Å². The van der Waals surface area contributed by atoms with Gasteiger partial charge in [0.05, 0.1) is 19.3 Å². The first-order valence-electron chi connectivity index (χ1n) is 7.97. The molecule has 2 aromatic rings. The SMILES string of the molecule is COc1cc2c(cc1O)CN(CC(C)C)n1cc(C(=O)O)c(=O)cc1-2. The molecule has 7 heteroatoms. The summed E-state index contributed by atoms with van der Waals surface area (Å²) in [7, 11) is 1.45. The highest BCUT2D eigenvalue weighted by molar-refractivity contribution is 5.88. The fourth-order valence-electron chi connectivity index (χ4n) is 3.11. The third-order valence-electron chi connectivity index (χ3n) is 4.18. The van der Waals surface area contributed by atoms with E-state index in [1.54, 1.807) is 16.8 Å². The number of hydrogen-bond donors (Lipinski definition) is 2. The highest BCUT2D eigenvalue weighted by Crippen LogP contribution is 2.37. The van der Waals surface area contributed by atoms with Crippen LogP contribution in [0.1, 0.15) is 29.8 Å². The smallest absolute Gasteiger partial charge is 0.341 e. The van der Waals surface area contributed by atoms with Crippen molar-refractivity contribution in [2.24, 2.45) is 5.92 Å². The number of nitrogens with zero attached hydrogens (tertiary/aromatic N) is 2. The third-order valence-corrected chi connectivity index (χ3v) is 4.18. The topological polar surface area (TPSA) is 92.0 Å². The van der Waals surface area contributed by atoms with E-state index in [-0.39, 0.29) is 11.3 Å². The zero-order valence-corrected chi connectivity index (χ0v) is 14.3. The number of methoxy groups -OCH3 is 1. The van der Waals surface area contributed by atoms with Crippen molar-refractivity contribution in [2.75, 3.05) is 18.7 Å². The van der Waals surface area contributed by atoms with Crippen molar-refractivity contribution in [2.45, 2.75) is 20.4 Å². The average molecular weight is 344 g/mol. The zero-order chi connectivity index (χ0) is 18.3. The Morgan fingerprint density at radius 2 is 2.04 bits per heavy atom. The van der Waals surface area contributed by atoms with Crippen LogP contribution in [-0.2, 0) is 6.54 Å². The van der Waals surface area contributed by atoms with Crippen LogP contribution < -0.4 is 15.2 Å². The summed E-state index contributed by atoms with van der Waals surface area (Å²) in [6, 6.07) is 4.62. The molecule has 2 N–H and O–H groups in total. The van der Waals surface area contributed by atoms with Crippen LogP contribution in [0.15, 0.2) is 29.2 Å². The molecule has 25 heavy (non-hydrogen) atoms. The number of fused-ring (bicyclic) bond motifs is 3. The van der Waals surface area contributed by atoms with Gasteiger partial charge in [-0.2, -0.15) is 0 Å². The molecule has 0 amide bonds. The van der Waals surface area contributed by atoms with Crippen LogP contribution >= 0.6 is 0 Å². The molecule has 0 bridgehead atoms. The lowest BCUT2D eigenvalue weighted by Crippen LogP contribution is -2.41. The maximum absolute atomic E-state index is 12.2. The number of ether oxygens (including phenoxy) is 1. The van der Waals surface area contributed by atoms with Crippen molar-refractivity contribution in [3.63, 3.8) is 0 Å². The number of hydrogen-bond acceptors (Lipinski definition) is 5. The van der Waals surface area contributed by atoms with Crippen molar-refractivity contribution in [3.8, 4) is 22.8 Å². The quantitative estimate of drug-likeness (QED) is 0.882. The number of aromatic hydroxyl groups is 1. The van der Waals surface area contributed by atoms with E-state index in [1.807, 2.05) is 5.01 Å². The van der Waals surface area contributed by atoms with E-state index in [2.05, 4.69) is 13.8 Å². The fourth-order valence-corrected chi connectivity index (χ4v) is 3.11. The highest BCUT2D eigenvalue weighted by Gasteiger charge is 2.26. The number of phenolic OH excluding ortho intramolecular Hbond substituents is 1. The molecule has 0 unspecified atom stereocenters. The van der Waals surface area contributed by atoms with Gasteiger partial charge in [-0.25, -0.2) is 4.79 Å². The van der Waals surface area contributed by atoms with Gasteiger partial charge in [-0.05, 0) is 23.6 Å². The Morgan fingerprint density at radius 3 is 2.64 bits per heavy atom. The molecule has 0 fully saturated rings. The molecule has 1 aliphatic heterocycles. The molecule has 0 saturated heterocycles. The number of aromatic nitrogens is 1. The summed E-state index contributed by atoms with van der Waals surface area (Å²) in [6.07, 6.45) is 1.37. The molecule has 3 rings (SSSR count). The summed E-state index contributed by atoms with van der Waals surface area (Å²) in [5.74, 6) is -0.589. The minimum absolute atomic E-state index is 0.0312. The number of aromatic carboxylic acids is 1. The lowest BCUT2D eigenvalue weighted by Gasteiger charge is -2.36. The minimum Gasteiger partial charge on any atom is -0.504 e. The molecular weight excluding hydrogens is 324 g/mol. The predicted octanol–water partition coefficient (Wildman–Crippen LogP) is 2.04. The monoisotopic (exact) mass is 344 g/mol. The number of carbonyl (C=O) groups is 1. The largest absolute Gasteiger partial charge is 0.504 e. The Kier molecular flexibility index (Phi) is 4.16. The Bertz CT molecular complexity index is 901. The van der Waals surface area contributed by atoms with Gasteiger partial charge in [0.2, 0.25) is 0 Å². The third kappa shape index (κ3) is 2.93. The predicted molar refractivity (Wildman–Crippen MR) is 92.9 cm³/mol. The number of phenols is 1. The summed E-state index contributed by atoms with van der Waals surface area (Å²) in [4.78, 5) is 23.5. The second-order valence-corrected chi connectivity index (χ2v) is 6.51. The van der Waals surface area contributed by atoms with E-state index in [0.717, 1.165) is 11.1 Å². The van der Waals surface area contributed by atoms with Crippen molar-refractivity contribution >= 4 is 5.97 Å². The first-order valence-corrected chi connectivity index (χ1v) is 7.97. The fraction of sp³-hybridized carbons (Fsp3) is 0.333. The van der Waals surface area contributed by atoms with E-state index in [9.17, 15) is 19.8 Å². The second kappa shape index (κ2) is 6.16. The molecule has 7 nitrogen and oxygen atoms in total. The summed E-state index contributed by atoms with van der Waals surface area (Å²) in [5.41, 5.74) is 1.34. The lowest BCUT2D eigenvalue weighted by molar-refractivity contribution is 0.0694. The minimum atomic E-state index is -1.25. The maximum atomic E-state index is 12.2. The van der Waals surface area contributed by atoms with Crippen molar-refractivity contribution in [3.05, 3.63) is 45.7 Å². The standard InChI is InChI=1S/C18H20N2O5/c1-10(2)7-19-8-11-4-16(22)17(25-3)5-12(11)14-6-15(21)13(18(23)24)9-20(14)19/h4-6,9-10,22H,7-8H2,1-3H3,(H,23,24). The zero-order valence-electron chi connectivity index (χ0n) is 14.3. The van der Waals surface area contributed by atoms with Gasteiger partial charge in [0.1, 0.15) is 5.56 Å². The van der Waals surface area contributed by atoms with Crippen LogP contribution in [0.4, 0.5) is 0 Å². The van der Waals surface area contributed by atoms with Gasteiger partial charge < -0.3 is 20.0 Å². The van der Waals surface area contributed by atoms with Crippen LogP contribution in [0.25, 0.3) is 11.3 Å². The first kappa shape index (κ1) is 16.9. The molecule has 0 saturated carbocycles. The Labute approximate surface area is 144 Å². The second-order valence-electron chi connectivity index (χ2n) is 6.51. The molecule has 0 spiro atoms. The molecule has 1 aliphatic rings. The van der Waals surface area contributed by atoms with E-state index in [0.29, 0.717) is 30.5 Å². The Balaban J connectivity index is 2.26. The lowest BCUT2D eigenvalue weighted by atomic mass is 9.99. The summed E-state index contributed by atoms with van der Waals surface area (Å²) in [5, 5.41) is 21.3. The number of carboxylic acids is 1. The molecule has 1 aromatic carbocycles. The number of rotatable bonds is 4. The van der Waals surface area contributed by atoms with Gasteiger partial charge in [-0.15, -0.1) is 0 Å². The van der Waals surface area contributed by atoms with Gasteiger partial charge >= 0.3 is 5.97 Å². The van der Waals surface area contributed by atoms with E-state index < -0.39 is 11.4 Å². The van der Waals surface area contributed by atoms with Crippen LogP contribution in [0.5, 0.6) is 11.5 Å². The van der Waals surface area contributed by atoms with Gasteiger partial charge in [0.15, 0.2) is 16.9 Å². The normalized spacial score (nSPS) is 12.7. The number of benzene rings is 1. The molecule has 0 radical (unpaired) electrons. The Hall–Kier alpha value is -2.96. The summed E-state index contributed by atoms with van der Waals surface area (Å²) >= 11 is 0. The van der Waals surface area contributed by atoms with Crippen molar-refractivity contribution in [1.29, 1.82) is 0 Å². The summed E-state index contributed by atoms with van der Waals surface area (Å²) < 4.78 is 6.88. The van der Waals surface area contributed by atoms with E-state index in [4.69, 9.17) is 4.74 Å². The van der Waals surface area contributed by atoms with Crippen LogP contribution in [0, 0.1) is 5.92 Å². The van der Waals surface area contributed by atoms with Gasteiger partial charge in [0, 0.05) is 24.4 Å². The summed E-state index contributed by atoms with van der Waals surface area (Å²) in [6.45, 7) is 5.27. The van der Waals surface area contributed by atoms with Crippen LogP contribution in [0.3, 0.4) is 0 Å². The van der Waals surface area contributed by atoms with Crippen LogP contribution in [-0.4, -0.2) is 34.5 Å². The average Bonchev–Trinajstić information content (AvgIpc) is 2.53.